The molecule has 0 aliphatic heterocycles. The minimum Gasteiger partial charge on any atom is -0.461 e. The van der Waals surface area contributed by atoms with Crippen molar-refractivity contribution in [2.45, 2.75) is 57.9 Å². The molecule has 0 heterocycles. The van der Waals surface area contributed by atoms with Gasteiger partial charge in [0.2, 0.25) is 0 Å². The summed E-state index contributed by atoms with van der Waals surface area (Å²) < 4.78 is 21.3. The predicted molar refractivity (Wildman–Crippen MR) is 158 cm³/mol. The van der Waals surface area contributed by atoms with Crippen LogP contribution in [-0.2, 0) is 35.1 Å². The molecule has 2 N–H and O–H groups in total. The maximum absolute atomic E-state index is 12.8. The Kier molecular flexibility index (Phi) is 10.0. The van der Waals surface area contributed by atoms with Gasteiger partial charge >= 0.3 is 24.1 Å². The van der Waals surface area contributed by atoms with Gasteiger partial charge in [-0.25, -0.2) is 19.2 Å². The molecule has 0 bridgehead atoms. The van der Waals surface area contributed by atoms with Crippen LogP contribution in [0.4, 0.5) is 9.59 Å². The molecule has 2 atom stereocenters. The quantitative estimate of drug-likeness (QED) is 0.247. The zero-order valence-electron chi connectivity index (χ0n) is 24.6. The molecule has 0 fully saturated rings. The van der Waals surface area contributed by atoms with Crippen LogP contribution in [0.25, 0.3) is 11.1 Å². The second-order valence-corrected chi connectivity index (χ2v) is 11.1. The summed E-state index contributed by atoms with van der Waals surface area (Å²) in [5.41, 5.74) is 4.24. The Balaban J connectivity index is 1.30. The molecule has 1 aliphatic rings. The SMILES string of the molecule is C[C@@H](NC(=O)OCC1c2ccccc2-c2ccccc21)C(=O)OC[C@H](NC(=O)OC(C)(C)C)C(=O)OCc1ccccc1. The summed E-state index contributed by atoms with van der Waals surface area (Å²) in [5, 5.41) is 4.85. The van der Waals surface area contributed by atoms with Crippen molar-refractivity contribution in [3.8, 4) is 11.1 Å². The van der Waals surface area contributed by atoms with Crippen LogP contribution in [0.15, 0.2) is 78.9 Å². The summed E-state index contributed by atoms with van der Waals surface area (Å²) in [6.07, 6.45) is -1.67. The van der Waals surface area contributed by atoms with Crippen molar-refractivity contribution in [2.24, 2.45) is 0 Å². The van der Waals surface area contributed by atoms with E-state index < -0.39 is 48.4 Å². The molecule has 10 nitrogen and oxygen atoms in total. The molecular weight excluding hydrogens is 552 g/mol. The monoisotopic (exact) mass is 588 g/mol. The third kappa shape index (κ3) is 8.57. The van der Waals surface area contributed by atoms with Crippen LogP contribution >= 0.6 is 0 Å². The normalized spacial score (nSPS) is 13.5. The Morgan fingerprint density at radius 1 is 0.721 bits per heavy atom. The number of esters is 2. The molecule has 4 rings (SSSR count). The summed E-state index contributed by atoms with van der Waals surface area (Å²) in [6, 6.07) is 22.4. The minimum absolute atomic E-state index is 0.0418. The van der Waals surface area contributed by atoms with Gasteiger partial charge in [-0.3, -0.25) is 0 Å². The molecule has 1 aliphatic carbocycles. The van der Waals surface area contributed by atoms with E-state index in [0.29, 0.717) is 0 Å². The summed E-state index contributed by atoms with van der Waals surface area (Å²) in [4.78, 5) is 50.4. The van der Waals surface area contributed by atoms with Crippen LogP contribution in [-0.4, -0.2) is 55.0 Å². The van der Waals surface area contributed by atoms with Gasteiger partial charge in [0.15, 0.2) is 6.04 Å². The van der Waals surface area contributed by atoms with E-state index in [9.17, 15) is 19.2 Å². The summed E-state index contributed by atoms with van der Waals surface area (Å²) in [5.74, 6) is -1.79. The van der Waals surface area contributed by atoms with Gasteiger partial charge in [-0.15, -0.1) is 0 Å². The number of alkyl carbamates (subject to hydrolysis) is 2. The first-order chi connectivity index (χ1) is 20.5. The Morgan fingerprint density at radius 2 is 1.30 bits per heavy atom. The van der Waals surface area contributed by atoms with Gasteiger partial charge in [0.1, 0.15) is 31.5 Å². The number of amides is 2. The number of hydrogen-bond acceptors (Lipinski definition) is 8. The molecule has 10 heteroatoms. The second-order valence-electron chi connectivity index (χ2n) is 11.1. The predicted octanol–water partition coefficient (Wildman–Crippen LogP) is 5.09. The van der Waals surface area contributed by atoms with E-state index in [1.165, 1.54) is 6.92 Å². The standard InChI is InChI=1S/C33H36N2O8/c1-21(34-31(38)42-19-27-25-16-10-8-14-23(25)24-15-9-11-17-26(24)27)29(36)41-20-28(35-32(39)43-33(2,3)4)30(37)40-18-22-12-6-5-7-13-22/h5-17,21,27-28H,18-20H2,1-4H3,(H,34,38)(H,35,39)/t21-,28+/m1/s1. The average Bonchev–Trinajstić information content (AvgIpc) is 3.30. The molecule has 43 heavy (non-hydrogen) atoms. The molecular formula is C33H36N2O8. The highest BCUT2D eigenvalue weighted by Crippen LogP contribution is 2.44. The van der Waals surface area contributed by atoms with Crippen LogP contribution < -0.4 is 10.6 Å². The first-order valence-electron chi connectivity index (χ1n) is 14.0. The number of fused-ring (bicyclic) bond motifs is 3. The van der Waals surface area contributed by atoms with Crippen molar-refractivity contribution in [3.05, 3.63) is 95.6 Å². The summed E-state index contributed by atoms with van der Waals surface area (Å²) in [7, 11) is 0. The zero-order chi connectivity index (χ0) is 31.0. The van der Waals surface area contributed by atoms with Gasteiger partial charge in [0.25, 0.3) is 0 Å². The number of carbonyl (C=O) groups is 4. The number of ether oxygens (including phenoxy) is 4. The van der Waals surface area contributed by atoms with E-state index >= 15 is 0 Å². The van der Waals surface area contributed by atoms with E-state index in [0.717, 1.165) is 27.8 Å². The molecule has 3 aromatic carbocycles. The zero-order valence-corrected chi connectivity index (χ0v) is 24.6. The molecule has 0 unspecified atom stereocenters. The number of carbonyl (C=O) groups excluding carboxylic acids is 4. The van der Waals surface area contributed by atoms with Gasteiger partial charge in [0, 0.05) is 5.92 Å². The topological polar surface area (TPSA) is 129 Å². The van der Waals surface area contributed by atoms with Crippen LogP contribution in [0, 0.1) is 0 Å². The molecule has 3 aromatic rings. The number of benzene rings is 3. The number of rotatable bonds is 10. The molecule has 0 aromatic heterocycles. The summed E-state index contributed by atoms with van der Waals surface area (Å²) in [6.45, 7) is 5.94. The highest BCUT2D eigenvalue weighted by Gasteiger charge is 2.31. The highest BCUT2D eigenvalue weighted by atomic mass is 16.6. The van der Waals surface area contributed by atoms with Gasteiger partial charge in [0.05, 0.1) is 0 Å². The van der Waals surface area contributed by atoms with Crippen LogP contribution in [0.2, 0.25) is 0 Å². The smallest absolute Gasteiger partial charge is 0.408 e. The molecule has 2 amide bonds. The average molecular weight is 589 g/mol. The molecule has 226 valence electrons. The van der Waals surface area contributed by atoms with Gasteiger partial charge in [-0.1, -0.05) is 78.9 Å². The first-order valence-corrected chi connectivity index (χ1v) is 14.0. The van der Waals surface area contributed by atoms with Gasteiger partial charge in [-0.05, 0) is 55.5 Å². The Labute approximate surface area is 250 Å². The largest absolute Gasteiger partial charge is 0.461 e. The first kappa shape index (κ1) is 31.1. The van der Waals surface area contributed by atoms with Gasteiger partial charge in [-0.2, -0.15) is 0 Å². The van der Waals surface area contributed by atoms with Crippen molar-refractivity contribution >= 4 is 24.1 Å². The Hall–Kier alpha value is -4.86. The number of hydrogen-bond donors (Lipinski definition) is 2. The molecule has 0 radical (unpaired) electrons. The molecule has 0 saturated heterocycles. The van der Waals surface area contributed by atoms with Gasteiger partial charge < -0.3 is 29.6 Å². The third-order valence-electron chi connectivity index (χ3n) is 6.62. The highest BCUT2D eigenvalue weighted by molar-refractivity contribution is 5.84. The maximum atomic E-state index is 12.8. The van der Waals surface area contributed by atoms with E-state index in [2.05, 4.69) is 10.6 Å². The van der Waals surface area contributed by atoms with Crippen molar-refractivity contribution < 1.29 is 38.1 Å². The van der Waals surface area contributed by atoms with Crippen LogP contribution in [0.1, 0.15) is 50.3 Å². The Morgan fingerprint density at radius 3 is 1.91 bits per heavy atom. The van der Waals surface area contributed by atoms with Crippen LogP contribution in [0.5, 0.6) is 0 Å². The third-order valence-corrected chi connectivity index (χ3v) is 6.62. The lowest BCUT2D eigenvalue weighted by Crippen LogP contribution is -2.48. The molecule has 0 saturated carbocycles. The fourth-order valence-electron chi connectivity index (χ4n) is 4.61. The summed E-state index contributed by atoms with van der Waals surface area (Å²) >= 11 is 0. The van der Waals surface area contributed by atoms with Crippen molar-refractivity contribution in [1.82, 2.24) is 10.6 Å². The van der Waals surface area contributed by atoms with Crippen LogP contribution in [0.3, 0.4) is 0 Å². The second kappa shape index (κ2) is 13.9. The van der Waals surface area contributed by atoms with Crippen molar-refractivity contribution in [1.29, 1.82) is 0 Å². The van der Waals surface area contributed by atoms with E-state index in [1.54, 1.807) is 45.0 Å². The minimum atomic E-state index is -1.34. The fourth-order valence-corrected chi connectivity index (χ4v) is 4.61. The fraction of sp³-hybridized carbons (Fsp3) is 0.333. The molecule has 0 spiro atoms. The van der Waals surface area contributed by atoms with E-state index in [4.69, 9.17) is 18.9 Å². The maximum Gasteiger partial charge on any atom is 0.408 e. The van der Waals surface area contributed by atoms with E-state index in [1.807, 2.05) is 54.6 Å². The number of nitrogens with one attached hydrogen (secondary N) is 2. The Bertz CT molecular complexity index is 1410. The van der Waals surface area contributed by atoms with Crippen molar-refractivity contribution in [3.63, 3.8) is 0 Å². The lowest BCUT2D eigenvalue weighted by Gasteiger charge is -2.23. The van der Waals surface area contributed by atoms with E-state index in [-0.39, 0.29) is 19.1 Å². The van der Waals surface area contributed by atoms with Crippen molar-refractivity contribution in [2.75, 3.05) is 13.2 Å². The lowest BCUT2D eigenvalue weighted by atomic mass is 9.98. The lowest BCUT2D eigenvalue weighted by molar-refractivity contribution is -0.154.